The van der Waals surface area contributed by atoms with Crippen molar-refractivity contribution in [3.05, 3.63) is 30.1 Å². The number of imidazole rings is 1. The first kappa shape index (κ1) is 18.1. The van der Waals surface area contributed by atoms with Crippen LogP contribution in [0.15, 0.2) is 18.6 Å². The molecule has 1 amide bonds. The molecular weight excluding hydrogens is 306 g/mol. The molecule has 0 saturated heterocycles. The molecule has 2 N–H and O–H groups in total. The van der Waals surface area contributed by atoms with Gasteiger partial charge in [0.1, 0.15) is 0 Å². The standard InChI is InChI=1S/C16H21N5O.CH4O/c1-11-8-13(14-9-17-10-21(14)2)20-15(18-11)16(22)19-12-6-4-3-5-7-12;1-2/h8-10,12H,3-7H2,1-2H3,(H,19,22);2H,1H3. The topological polar surface area (TPSA) is 92.9 Å². The van der Waals surface area contributed by atoms with Crippen molar-refractivity contribution in [2.45, 2.75) is 45.1 Å². The Morgan fingerprint density at radius 3 is 2.58 bits per heavy atom. The van der Waals surface area contributed by atoms with Crippen LogP contribution in [0.5, 0.6) is 0 Å². The van der Waals surface area contributed by atoms with Crippen LogP contribution >= 0.6 is 0 Å². The van der Waals surface area contributed by atoms with E-state index in [9.17, 15) is 4.79 Å². The van der Waals surface area contributed by atoms with Gasteiger partial charge in [-0.3, -0.25) is 4.79 Å². The monoisotopic (exact) mass is 331 g/mol. The zero-order chi connectivity index (χ0) is 17.5. The zero-order valence-electron chi connectivity index (χ0n) is 14.5. The van der Waals surface area contributed by atoms with Crippen molar-refractivity contribution in [1.29, 1.82) is 0 Å². The van der Waals surface area contributed by atoms with E-state index < -0.39 is 0 Å². The highest BCUT2D eigenvalue weighted by atomic mass is 16.2. The molecule has 0 bridgehead atoms. The summed E-state index contributed by atoms with van der Waals surface area (Å²) >= 11 is 0. The second kappa shape index (κ2) is 8.54. The minimum Gasteiger partial charge on any atom is -0.400 e. The smallest absolute Gasteiger partial charge is 0.289 e. The molecule has 0 atom stereocenters. The quantitative estimate of drug-likeness (QED) is 0.895. The number of hydrogen-bond acceptors (Lipinski definition) is 5. The fourth-order valence-electron chi connectivity index (χ4n) is 2.90. The predicted octanol–water partition coefficient (Wildman–Crippen LogP) is 1.86. The minimum atomic E-state index is -0.181. The van der Waals surface area contributed by atoms with E-state index in [1.165, 1.54) is 19.3 Å². The van der Waals surface area contributed by atoms with Crippen molar-refractivity contribution >= 4 is 5.91 Å². The van der Waals surface area contributed by atoms with Crippen LogP contribution in [0.2, 0.25) is 0 Å². The van der Waals surface area contributed by atoms with E-state index >= 15 is 0 Å². The number of aryl methyl sites for hydroxylation is 2. The Kier molecular flexibility index (Phi) is 6.43. The molecule has 0 aliphatic heterocycles. The molecule has 0 aromatic carbocycles. The molecule has 24 heavy (non-hydrogen) atoms. The summed E-state index contributed by atoms with van der Waals surface area (Å²) in [5, 5.41) is 10.1. The Morgan fingerprint density at radius 2 is 1.96 bits per heavy atom. The number of amides is 1. The highest BCUT2D eigenvalue weighted by molar-refractivity contribution is 5.91. The largest absolute Gasteiger partial charge is 0.400 e. The van der Waals surface area contributed by atoms with E-state index in [1.807, 2.05) is 24.6 Å². The van der Waals surface area contributed by atoms with Crippen LogP contribution in [0.1, 0.15) is 48.4 Å². The molecule has 1 fully saturated rings. The summed E-state index contributed by atoms with van der Waals surface area (Å²) in [6, 6.07) is 2.12. The van der Waals surface area contributed by atoms with Gasteiger partial charge in [-0.15, -0.1) is 0 Å². The van der Waals surface area contributed by atoms with Gasteiger partial charge in [0, 0.05) is 25.9 Å². The summed E-state index contributed by atoms with van der Waals surface area (Å²) in [6.07, 6.45) is 9.18. The lowest BCUT2D eigenvalue weighted by molar-refractivity contribution is 0.0917. The van der Waals surface area contributed by atoms with Gasteiger partial charge in [0.15, 0.2) is 0 Å². The third-order valence-corrected chi connectivity index (χ3v) is 4.08. The molecule has 0 unspecified atom stereocenters. The molecule has 1 aliphatic carbocycles. The molecule has 2 aromatic rings. The molecule has 7 heteroatoms. The number of aromatic nitrogens is 4. The van der Waals surface area contributed by atoms with E-state index in [0.29, 0.717) is 0 Å². The molecule has 1 saturated carbocycles. The van der Waals surface area contributed by atoms with Crippen LogP contribution in [-0.4, -0.2) is 43.7 Å². The van der Waals surface area contributed by atoms with E-state index in [-0.39, 0.29) is 17.8 Å². The molecule has 0 radical (unpaired) electrons. The van der Waals surface area contributed by atoms with Crippen molar-refractivity contribution < 1.29 is 9.90 Å². The molecule has 2 heterocycles. The lowest BCUT2D eigenvalue weighted by Crippen LogP contribution is -2.37. The summed E-state index contributed by atoms with van der Waals surface area (Å²) in [4.78, 5) is 25.2. The summed E-state index contributed by atoms with van der Waals surface area (Å²) < 4.78 is 1.88. The fourth-order valence-corrected chi connectivity index (χ4v) is 2.90. The van der Waals surface area contributed by atoms with Gasteiger partial charge in [0.05, 0.1) is 23.9 Å². The maximum absolute atomic E-state index is 12.4. The van der Waals surface area contributed by atoms with Crippen molar-refractivity contribution in [2.75, 3.05) is 7.11 Å². The number of aliphatic hydroxyl groups is 1. The van der Waals surface area contributed by atoms with Crippen LogP contribution in [-0.2, 0) is 7.05 Å². The molecule has 130 valence electrons. The van der Waals surface area contributed by atoms with Gasteiger partial charge in [-0.2, -0.15) is 0 Å². The number of aliphatic hydroxyl groups excluding tert-OH is 1. The first-order valence-corrected chi connectivity index (χ1v) is 8.21. The maximum Gasteiger partial charge on any atom is 0.289 e. The normalized spacial score (nSPS) is 14.7. The SMILES string of the molecule is CO.Cc1cc(-c2cncn2C)nc(C(=O)NC2CCCCC2)n1. The Hall–Kier alpha value is -2.28. The molecule has 2 aromatic heterocycles. The summed E-state index contributed by atoms with van der Waals surface area (Å²) in [7, 11) is 2.90. The van der Waals surface area contributed by atoms with Gasteiger partial charge >= 0.3 is 0 Å². The van der Waals surface area contributed by atoms with E-state index in [2.05, 4.69) is 20.3 Å². The first-order valence-electron chi connectivity index (χ1n) is 8.21. The lowest BCUT2D eigenvalue weighted by atomic mass is 9.95. The average molecular weight is 331 g/mol. The number of hydrogen-bond donors (Lipinski definition) is 2. The van der Waals surface area contributed by atoms with Gasteiger partial charge < -0.3 is 15.0 Å². The van der Waals surface area contributed by atoms with Gasteiger partial charge in [-0.1, -0.05) is 19.3 Å². The van der Waals surface area contributed by atoms with Gasteiger partial charge in [-0.25, -0.2) is 15.0 Å². The number of nitrogens with zero attached hydrogens (tertiary/aromatic N) is 4. The van der Waals surface area contributed by atoms with Crippen LogP contribution in [0.25, 0.3) is 11.4 Å². The third kappa shape index (κ3) is 4.38. The molecule has 7 nitrogen and oxygen atoms in total. The molecule has 0 spiro atoms. The molecule has 3 rings (SSSR count). The number of carbonyl (C=O) groups excluding carboxylic acids is 1. The highest BCUT2D eigenvalue weighted by Crippen LogP contribution is 2.19. The molecular formula is C17H25N5O2. The van der Waals surface area contributed by atoms with Crippen LogP contribution in [0.4, 0.5) is 0 Å². The fraction of sp³-hybridized carbons (Fsp3) is 0.529. The Labute approximate surface area is 142 Å². The lowest BCUT2D eigenvalue weighted by Gasteiger charge is -2.22. The average Bonchev–Trinajstić information content (AvgIpc) is 3.03. The van der Waals surface area contributed by atoms with Gasteiger partial charge in [0.25, 0.3) is 5.91 Å². The summed E-state index contributed by atoms with van der Waals surface area (Å²) in [6.45, 7) is 1.87. The minimum absolute atomic E-state index is 0.181. The van der Waals surface area contributed by atoms with Crippen molar-refractivity contribution in [2.24, 2.45) is 7.05 Å². The number of carbonyl (C=O) groups is 1. The zero-order valence-corrected chi connectivity index (χ0v) is 14.5. The summed E-state index contributed by atoms with van der Waals surface area (Å²) in [5.41, 5.74) is 2.37. The summed E-state index contributed by atoms with van der Waals surface area (Å²) in [5.74, 6) is 0.0563. The Bertz CT molecular complexity index is 677. The Morgan fingerprint density at radius 1 is 1.25 bits per heavy atom. The van der Waals surface area contributed by atoms with E-state index in [0.717, 1.165) is 37.0 Å². The number of rotatable bonds is 3. The van der Waals surface area contributed by atoms with Crippen LogP contribution < -0.4 is 5.32 Å². The van der Waals surface area contributed by atoms with Crippen LogP contribution in [0.3, 0.4) is 0 Å². The van der Waals surface area contributed by atoms with E-state index in [1.54, 1.807) is 12.5 Å². The Balaban J connectivity index is 0.00000100. The predicted molar refractivity (Wildman–Crippen MR) is 91.5 cm³/mol. The second-order valence-electron chi connectivity index (χ2n) is 5.92. The highest BCUT2D eigenvalue weighted by Gasteiger charge is 2.19. The van der Waals surface area contributed by atoms with Crippen molar-refractivity contribution in [3.63, 3.8) is 0 Å². The van der Waals surface area contributed by atoms with Crippen LogP contribution in [0, 0.1) is 6.92 Å². The second-order valence-corrected chi connectivity index (χ2v) is 5.92. The third-order valence-electron chi connectivity index (χ3n) is 4.08. The first-order chi connectivity index (χ1) is 11.6. The molecule has 1 aliphatic rings. The van der Waals surface area contributed by atoms with Crippen molar-refractivity contribution in [1.82, 2.24) is 24.8 Å². The van der Waals surface area contributed by atoms with E-state index in [4.69, 9.17) is 5.11 Å². The van der Waals surface area contributed by atoms with Gasteiger partial charge in [-0.05, 0) is 25.8 Å². The maximum atomic E-state index is 12.4. The van der Waals surface area contributed by atoms with Crippen molar-refractivity contribution in [3.8, 4) is 11.4 Å². The van der Waals surface area contributed by atoms with Gasteiger partial charge in [0.2, 0.25) is 5.82 Å². The number of nitrogens with one attached hydrogen (secondary N) is 1.